The number of carbonyl (C=O) groups excluding carboxylic acids is 1. The third kappa shape index (κ3) is 4.22. The van der Waals surface area contributed by atoms with Crippen molar-refractivity contribution in [2.75, 3.05) is 0 Å². The molecule has 25 heavy (non-hydrogen) atoms. The number of aromatic amines is 1. The number of benzene rings is 1. The summed E-state index contributed by atoms with van der Waals surface area (Å²) in [4.78, 5) is 12.6. The fourth-order valence-electron chi connectivity index (χ4n) is 3.03. The van der Waals surface area contributed by atoms with Gasteiger partial charge in [-0.3, -0.25) is 9.89 Å². The van der Waals surface area contributed by atoms with Crippen LogP contribution in [0.5, 0.6) is 5.75 Å². The maximum atomic E-state index is 12.6. The van der Waals surface area contributed by atoms with Gasteiger partial charge in [0.2, 0.25) is 0 Å². The number of hydrogen-bond donors (Lipinski definition) is 2. The molecule has 2 aromatic rings. The second kappa shape index (κ2) is 8.01. The molecule has 1 heterocycles. The second-order valence-electron chi connectivity index (χ2n) is 6.04. The van der Waals surface area contributed by atoms with Gasteiger partial charge in [0.25, 0.3) is 5.91 Å². The summed E-state index contributed by atoms with van der Waals surface area (Å²) in [6, 6.07) is 5.14. The van der Waals surface area contributed by atoms with E-state index >= 15 is 0 Å². The highest BCUT2D eigenvalue weighted by Crippen LogP contribution is 2.28. The largest absolute Gasteiger partial charge is 0.490 e. The van der Waals surface area contributed by atoms with E-state index in [-0.39, 0.29) is 18.6 Å². The van der Waals surface area contributed by atoms with Crippen LogP contribution in [0.4, 0.5) is 0 Å². The van der Waals surface area contributed by atoms with E-state index in [4.69, 9.17) is 28.6 Å². The number of amides is 1. The maximum absolute atomic E-state index is 12.6. The van der Waals surface area contributed by atoms with Crippen LogP contribution >= 0.6 is 23.8 Å². The van der Waals surface area contributed by atoms with Crippen molar-refractivity contribution in [3.8, 4) is 5.75 Å². The Kier molecular flexibility index (Phi) is 5.75. The van der Waals surface area contributed by atoms with Gasteiger partial charge in [0.15, 0.2) is 10.6 Å². The van der Waals surface area contributed by atoms with E-state index in [1.807, 2.05) is 11.5 Å². The third-order valence-electron chi connectivity index (χ3n) is 4.34. The predicted octanol–water partition coefficient (Wildman–Crippen LogP) is 3.87. The van der Waals surface area contributed by atoms with Gasteiger partial charge in [-0.1, -0.05) is 11.6 Å². The Morgan fingerprint density at radius 3 is 2.96 bits per heavy atom. The van der Waals surface area contributed by atoms with E-state index in [1.165, 1.54) is 12.8 Å². The molecule has 0 aliphatic heterocycles. The average molecular weight is 381 g/mol. The maximum Gasteiger partial charge on any atom is 0.255 e. The van der Waals surface area contributed by atoms with E-state index in [0.717, 1.165) is 12.8 Å². The van der Waals surface area contributed by atoms with Crippen LogP contribution in [0, 0.1) is 4.77 Å². The minimum Gasteiger partial charge on any atom is -0.490 e. The van der Waals surface area contributed by atoms with Crippen molar-refractivity contribution in [3.63, 3.8) is 0 Å². The van der Waals surface area contributed by atoms with Crippen LogP contribution in [0.1, 0.15) is 48.8 Å². The summed E-state index contributed by atoms with van der Waals surface area (Å²) in [5.41, 5.74) is 0.441. The van der Waals surface area contributed by atoms with Crippen LogP contribution in [-0.2, 0) is 13.1 Å². The molecule has 1 amide bonds. The van der Waals surface area contributed by atoms with Crippen molar-refractivity contribution >= 4 is 29.7 Å². The van der Waals surface area contributed by atoms with Gasteiger partial charge in [-0.2, -0.15) is 5.10 Å². The van der Waals surface area contributed by atoms with Crippen LogP contribution in [0.15, 0.2) is 18.2 Å². The summed E-state index contributed by atoms with van der Waals surface area (Å²) in [7, 11) is 0. The van der Waals surface area contributed by atoms with Gasteiger partial charge < -0.3 is 14.6 Å². The lowest BCUT2D eigenvalue weighted by molar-refractivity contribution is 0.0942. The predicted molar refractivity (Wildman–Crippen MR) is 98.6 cm³/mol. The van der Waals surface area contributed by atoms with E-state index in [9.17, 15) is 4.79 Å². The first-order valence-electron chi connectivity index (χ1n) is 8.47. The highest BCUT2D eigenvalue weighted by atomic mass is 35.5. The molecule has 1 aliphatic rings. The standard InChI is InChI=1S/C17H21ClN4O2S/c1-2-22-15(20-21-17(22)25)10-19-16(23)13-9-11(18)7-8-14(13)24-12-5-3-4-6-12/h7-9,12H,2-6,10H2,1H3,(H,19,23)(H,21,25). The normalized spacial score (nSPS) is 14.6. The first-order chi connectivity index (χ1) is 12.1. The first kappa shape index (κ1) is 17.9. The number of rotatable bonds is 6. The number of halogens is 1. The number of H-pyrrole nitrogens is 1. The number of nitrogens with zero attached hydrogens (tertiary/aromatic N) is 2. The van der Waals surface area contributed by atoms with Gasteiger partial charge in [0.05, 0.1) is 18.2 Å². The van der Waals surface area contributed by atoms with Crippen molar-refractivity contribution in [2.45, 2.75) is 51.8 Å². The lowest BCUT2D eigenvalue weighted by atomic mass is 10.1. The van der Waals surface area contributed by atoms with Crippen LogP contribution in [-0.4, -0.2) is 26.8 Å². The lowest BCUT2D eigenvalue weighted by Crippen LogP contribution is -2.26. The zero-order valence-electron chi connectivity index (χ0n) is 14.0. The molecule has 1 aromatic carbocycles. The number of nitrogens with one attached hydrogen (secondary N) is 2. The molecule has 2 N–H and O–H groups in total. The zero-order valence-corrected chi connectivity index (χ0v) is 15.6. The molecule has 0 unspecified atom stereocenters. The molecule has 1 aliphatic carbocycles. The van der Waals surface area contributed by atoms with Gasteiger partial charge in [0.1, 0.15) is 5.75 Å². The van der Waals surface area contributed by atoms with Gasteiger partial charge in [-0.05, 0) is 63.0 Å². The summed E-state index contributed by atoms with van der Waals surface area (Å²) < 4.78 is 8.40. The van der Waals surface area contributed by atoms with Crippen LogP contribution < -0.4 is 10.1 Å². The fourth-order valence-corrected chi connectivity index (χ4v) is 3.49. The van der Waals surface area contributed by atoms with Gasteiger partial charge in [0, 0.05) is 11.6 Å². The molecule has 1 aromatic heterocycles. The van der Waals surface area contributed by atoms with Crippen molar-refractivity contribution < 1.29 is 9.53 Å². The van der Waals surface area contributed by atoms with E-state index in [2.05, 4.69) is 15.5 Å². The Morgan fingerprint density at radius 2 is 2.24 bits per heavy atom. The van der Waals surface area contributed by atoms with Crippen molar-refractivity contribution in [1.29, 1.82) is 0 Å². The summed E-state index contributed by atoms with van der Waals surface area (Å²) in [5.74, 6) is 1.01. The second-order valence-corrected chi connectivity index (χ2v) is 6.86. The van der Waals surface area contributed by atoms with Gasteiger partial charge in [-0.25, -0.2) is 0 Å². The molecule has 1 fully saturated rings. The smallest absolute Gasteiger partial charge is 0.255 e. The summed E-state index contributed by atoms with van der Waals surface area (Å²) in [5, 5.41) is 10.3. The van der Waals surface area contributed by atoms with E-state index < -0.39 is 0 Å². The Bertz CT molecular complexity index is 811. The van der Waals surface area contributed by atoms with Gasteiger partial charge in [-0.15, -0.1) is 0 Å². The highest BCUT2D eigenvalue weighted by molar-refractivity contribution is 7.71. The van der Waals surface area contributed by atoms with Gasteiger partial charge >= 0.3 is 0 Å². The minimum absolute atomic E-state index is 0.170. The number of aromatic nitrogens is 3. The van der Waals surface area contributed by atoms with E-state index in [0.29, 0.717) is 33.5 Å². The molecule has 6 nitrogen and oxygen atoms in total. The SMILES string of the molecule is CCn1c(CNC(=O)c2cc(Cl)ccc2OC2CCCC2)n[nH]c1=S. The molecule has 0 atom stereocenters. The molecule has 3 rings (SSSR count). The molecule has 8 heteroatoms. The summed E-state index contributed by atoms with van der Waals surface area (Å²) >= 11 is 11.2. The lowest BCUT2D eigenvalue weighted by Gasteiger charge is -2.16. The highest BCUT2D eigenvalue weighted by Gasteiger charge is 2.20. The molecule has 0 spiro atoms. The van der Waals surface area contributed by atoms with Crippen molar-refractivity contribution in [2.24, 2.45) is 0 Å². The molecule has 0 bridgehead atoms. The first-order valence-corrected chi connectivity index (χ1v) is 9.25. The monoisotopic (exact) mass is 380 g/mol. The number of carbonyl (C=O) groups is 1. The fraction of sp³-hybridized carbons (Fsp3) is 0.471. The van der Waals surface area contributed by atoms with Crippen LogP contribution in [0.3, 0.4) is 0 Å². The molecular weight excluding hydrogens is 360 g/mol. The number of ether oxygens (including phenoxy) is 1. The quantitative estimate of drug-likeness (QED) is 0.746. The summed E-state index contributed by atoms with van der Waals surface area (Å²) in [6.07, 6.45) is 4.55. The number of hydrogen-bond acceptors (Lipinski definition) is 4. The average Bonchev–Trinajstić information content (AvgIpc) is 3.23. The summed E-state index contributed by atoms with van der Waals surface area (Å²) in [6.45, 7) is 2.93. The Balaban J connectivity index is 1.74. The molecule has 0 radical (unpaired) electrons. The third-order valence-corrected chi connectivity index (χ3v) is 4.89. The molecule has 134 valence electrons. The Labute approximate surface area is 156 Å². The van der Waals surface area contributed by atoms with Crippen LogP contribution in [0.25, 0.3) is 0 Å². The van der Waals surface area contributed by atoms with Crippen molar-refractivity contribution in [1.82, 2.24) is 20.1 Å². The minimum atomic E-state index is -0.243. The molecule has 1 saturated carbocycles. The van der Waals surface area contributed by atoms with E-state index in [1.54, 1.807) is 18.2 Å². The Hall–Kier alpha value is -1.86. The van der Waals surface area contributed by atoms with Crippen molar-refractivity contribution in [3.05, 3.63) is 39.4 Å². The topological polar surface area (TPSA) is 71.9 Å². The molecular formula is C17H21ClN4O2S. The molecule has 0 saturated heterocycles. The van der Waals surface area contributed by atoms with Crippen LogP contribution in [0.2, 0.25) is 5.02 Å². The Morgan fingerprint density at radius 1 is 1.48 bits per heavy atom. The zero-order chi connectivity index (χ0) is 17.8.